The lowest BCUT2D eigenvalue weighted by atomic mass is 10.1. The molecule has 0 spiro atoms. The average molecular weight is 331 g/mol. The van der Waals surface area contributed by atoms with Crippen molar-refractivity contribution in [1.29, 1.82) is 5.26 Å². The molecule has 3 aromatic rings. The Bertz CT molecular complexity index is 911. The molecule has 1 aliphatic heterocycles. The maximum atomic E-state index is 9.04. The van der Waals surface area contributed by atoms with Crippen molar-refractivity contribution in [3.63, 3.8) is 0 Å². The summed E-state index contributed by atoms with van der Waals surface area (Å²) >= 11 is 3.55. The highest BCUT2D eigenvalue weighted by atomic mass is 32.2. The van der Waals surface area contributed by atoms with Crippen molar-refractivity contribution in [1.82, 2.24) is 0 Å². The van der Waals surface area contributed by atoms with E-state index in [4.69, 9.17) is 5.26 Å². The van der Waals surface area contributed by atoms with Gasteiger partial charge >= 0.3 is 0 Å². The minimum absolute atomic E-state index is 0.723. The molecular formula is C20H13NS2. The molecule has 0 radical (unpaired) electrons. The molecule has 110 valence electrons. The standard InChI is InChI=1S/C20H13NS2/c21-13-16-7-9-18-20(12-16)23-17-8-6-15(11-19(17)22-18)10-14-4-2-1-3-5-14/h1-9,11-12H,10H2. The van der Waals surface area contributed by atoms with Gasteiger partial charge in [0, 0.05) is 19.6 Å². The molecule has 0 saturated carbocycles. The van der Waals surface area contributed by atoms with Crippen molar-refractivity contribution in [3.8, 4) is 6.07 Å². The number of fused-ring (bicyclic) bond motifs is 2. The number of nitrogens with zero attached hydrogens (tertiary/aromatic N) is 1. The first-order valence-corrected chi connectivity index (χ1v) is 9.02. The fourth-order valence-corrected chi connectivity index (χ4v) is 4.94. The molecule has 0 amide bonds. The Morgan fingerprint density at radius 1 is 0.696 bits per heavy atom. The van der Waals surface area contributed by atoms with E-state index in [2.05, 4.69) is 60.7 Å². The summed E-state index contributed by atoms with van der Waals surface area (Å²) in [6, 6.07) is 25.4. The van der Waals surface area contributed by atoms with Gasteiger partial charge in [-0.15, -0.1) is 0 Å². The van der Waals surface area contributed by atoms with Crippen LogP contribution in [0.4, 0.5) is 0 Å². The van der Waals surface area contributed by atoms with E-state index in [1.807, 2.05) is 12.1 Å². The Kier molecular flexibility index (Phi) is 3.87. The van der Waals surface area contributed by atoms with Crippen molar-refractivity contribution in [2.24, 2.45) is 0 Å². The van der Waals surface area contributed by atoms with E-state index in [0.29, 0.717) is 0 Å². The fourth-order valence-electron chi connectivity index (χ4n) is 2.64. The zero-order valence-electron chi connectivity index (χ0n) is 12.3. The Morgan fingerprint density at radius 3 is 2.13 bits per heavy atom. The molecule has 1 aliphatic rings. The first-order valence-electron chi connectivity index (χ1n) is 7.38. The highest BCUT2D eigenvalue weighted by molar-refractivity contribution is 8.05. The van der Waals surface area contributed by atoms with Crippen LogP contribution in [0.1, 0.15) is 16.7 Å². The summed E-state index contributed by atoms with van der Waals surface area (Å²) in [5, 5.41) is 9.04. The van der Waals surface area contributed by atoms with Gasteiger partial charge in [-0.1, -0.05) is 59.9 Å². The molecule has 4 rings (SSSR count). The summed E-state index contributed by atoms with van der Waals surface area (Å²) in [5.41, 5.74) is 3.39. The molecule has 1 heterocycles. The van der Waals surface area contributed by atoms with Gasteiger partial charge in [-0.25, -0.2) is 0 Å². The molecule has 0 unspecified atom stereocenters. The second-order valence-electron chi connectivity index (χ2n) is 5.42. The van der Waals surface area contributed by atoms with Gasteiger partial charge in [0.2, 0.25) is 0 Å². The van der Waals surface area contributed by atoms with E-state index in [9.17, 15) is 0 Å². The van der Waals surface area contributed by atoms with Crippen molar-refractivity contribution in [2.75, 3.05) is 0 Å². The van der Waals surface area contributed by atoms with Crippen LogP contribution in [0.2, 0.25) is 0 Å². The smallest absolute Gasteiger partial charge is 0.0992 e. The van der Waals surface area contributed by atoms with Crippen molar-refractivity contribution in [3.05, 3.63) is 83.4 Å². The Hall–Kier alpha value is -2.15. The summed E-state index contributed by atoms with van der Waals surface area (Å²) in [6.07, 6.45) is 0.958. The molecule has 0 bridgehead atoms. The third-order valence-electron chi connectivity index (χ3n) is 3.77. The first kappa shape index (κ1) is 14.4. The molecule has 3 aromatic carbocycles. The van der Waals surface area contributed by atoms with Gasteiger partial charge in [0.05, 0.1) is 11.6 Å². The second-order valence-corrected chi connectivity index (χ2v) is 7.59. The van der Waals surface area contributed by atoms with E-state index in [-0.39, 0.29) is 0 Å². The molecule has 0 fully saturated rings. The van der Waals surface area contributed by atoms with Crippen LogP contribution in [0.3, 0.4) is 0 Å². The molecule has 3 heteroatoms. The summed E-state index contributed by atoms with van der Waals surface area (Å²) in [5.74, 6) is 0. The van der Waals surface area contributed by atoms with Gasteiger partial charge in [-0.05, 0) is 47.9 Å². The van der Waals surface area contributed by atoms with Gasteiger partial charge in [-0.2, -0.15) is 5.26 Å². The number of hydrogen-bond donors (Lipinski definition) is 0. The molecule has 0 atom stereocenters. The van der Waals surface area contributed by atoms with Crippen LogP contribution in [0.5, 0.6) is 0 Å². The topological polar surface area (TPSA) is 23.8 Å². The van der Waals surface area contributed by atoms with Crippen LogP contribution < -0.4 is 0 Å². The van der Waals surface area contributed by atoms with Gasteiger partial charge in [0.25, 0.3) is 0 Å². The Labute approximate surface area is 144 Å². The van der Waals surface area contributed by atoms with Crippen LogP contribution in [0, 0.1) is 11.3 Å². The minimum Gasteiger partial charge on any atom is -0.192 e. The quantitative estimate of drug-likeness (QED) is 0.466. The predicted molar refractivity (Wildman–Crippen MR) is 95.1 cm³/mol. The van der Waals surface area contributed by atoms with Gasteiger partial charge < -0.3 is 0 Å². The van der Waals surface area contributed by atoms with E-state index in [0.717, 1.165) is 12.0 Å². The van der Waals surface area contributed by atoms with E-state index in [1.54, 1.807) is 23.5 Å². The molecule has 23 heavy (non-hydrogen) atoms. The predicted octanol–water partition coefficient (Wildman–Crippen LogP) is 5.76. The zero-order chi connectivity index (χ0) is 15.6. The van der Waals surface area contributed by atoms with Crippen LogP contribution in [-0.4, -0.2) is 0 Å². The lowest BCUT2D eigenvalue weighted by molar-refractivity contribution is 1.10. The monoisotopic (exact) mass is 331 g/mol. The largest absolute Gasteiger partial charge is 0.192 e. The number of nitriles is 1. The molecule has 0 saturated heterocycles. The summed E-state index contributed by atoms with van der Waals surface area (Å²) in [7, 11) is 0. The number of rotatable bonds is 2. The van der Waals surface area contributed by atoms with Crippen molar-refractivity contribution < 1.29 is 0 Å². The summed E-state index contributed by atoms with van der Waals surface area (Å²) < 4.78 is 0. The zero-order valence-corrected chi connectivity index (χ0v) is 14.0. The SMILES string of the molecule is N#Cc1ccc2c(c1)Sc1ccc(Cc3ccccc3)cc1S2. The van der Waals surface area contributed by atoms with Gasteiger partial charge in [-0.3, -0.25) is 0 Å². The molecule has 0 N–H and O–H groups in total. The van der Waals surface area contributed by atoms with Crippen LogP contribution in [-0.2, 0) is 6.42 Å². The molecule has 0 aliphatic carbocycles. The lowest BCUT2D eigenvalue weighted by Gasteiger charge is -2.19. The van der Waals surface area contributed by atoms with E-state index < -0.39 is 0 Å². The maximum Gasteiger partial charge on any atom is 0.0992 e. The number of benzene rings is 3. The molecule has 0 aromatic heterocycles. The highest BCUT2D eigenvalue weighted by Gasteiger charge is 2.17. The fraction of sp³-hybridized carbons (Fsp3) is 0.0500. The normalized spacial score (nSPS) is 12.1. The van der Waals surface area contributed by atoms with Crippen LogP contribution in [0.15, 0.2) is 86.3 Å². The number of hydrogen-bond acceptors (Lipinski definition) is 3. The average Bonchev–Trinajstić information content (AvgIpc) is 2.60. The first-order chi connectivity index (χ1) is 11.3. The second kappa shape index (κ2) is 6.16. The third kappa shape index (κ3) is 3.01. The molecule has 1 nitrogen and oxygen atoms in total. The lowest BCUT2D eigenvalue weighted by Crippen LogP contribution is -1.93. The highest BCUT2D eigenvalue weighted by Crippen LogP contribution is 2.48. The Balaban J connectivity index is 1.63. The molecular weight excluding hydrogens is 318 g/mol. The van der Waals surface area contributed by atoms with Crippen molar-refractivity contribution in [2.45, 2.75) is 26.0 Å². The summed E-state index contributed by atoms with van der Waals surface area (Å²) in [6.45, 7) is 0. The van der Waals surface area contributed by atoms with E-state index >= 15 is 0 Å². The van der Waals surface area contributed by atoms with Gasteiger partial charge in [0.1, 0.15) is 0 Å². The van der Waals surface area contributed by atoms with Gasteiger partial charge in [0.15, 0.2) is 0 Å². The maximum absolute atomic E-state index is 9.04. The van der Waals surface area contributed by atoms with Crippen molar-refractivity contribution >= 4 is 23.5 Å². The van der Waals surface area contributed by atoms with Crippen LogP contribution >= 0.6 is 23.5 Å². The third-order valence-corrected chi connectivity index (χ3v) is 6.30. The summed E-state index contributed by atoms with van der Waals surface area (Å²) in [4.78, 5) is 4.99. The van der Waals surface area contributed by atoms with Crippen LogP contribution in [0.25, 0.3) is 0 Å². The van der Waals surface area contributed by atoms with E-state index in [1.165, 1.54) is 30.7 Å². The minimum atomic E-state index is 0.723. The Morgan fingerprint density at radius 2 is 1.39 bits per heavy atom.